The summed E-state index contributed by atoms with van der Waals surface area (Å²) in [7, 11) is 1.50. The van der Waals surface area contributed by atoms with Crippen LogP contribution in [0.3, 0.4) is 0 Å². The lowest BCUT2D eigenvalue weighted by Crippen LogP contribution is -2.48. The Kier molecular flexibility index (Phi) is 5.72. The Hall–Kier alpha value is -2.39. The van der Waals surface area contributed by atoms with Gasteiger partial charge >= 0.3 is 0 Å². The van der Waals surface area contributed by atoms with E-state index in [1.165, 1.54) is 13.1 Å². The number of rotatable bonds is 5. The predicted molar refractivity (Wildman–Crippen MR) is 84.8 cm³/mol. The smallest absolute Gasteiger partial charge is 0.241 e. The van der Waals surface area contributed by atoms with Crippen LogP contribution >= 0.6 is 0 Å². The fourth-order valence-electron chi connectivity index (χ4n) is 2.94. The number of carbonyl (C=O) groups is 2. The van der Waals surface area contributed by atoms with Crippen molar-refractivity contribution in [3.63, 3.8) is 0 Å². The normalized spacial score (nSPS) is 18.9. The van der Waals surface area contributed by atoms with Gasteiger partial charge in [0, 0.05) is 19.2 Å². The van der Waals surface area contributed by atoms with Gasteiger partial charge in [0.05, 0.1) is 12.6 Å². The zero-order valence-corrected chi connectivity index (χ0v) is 13.0. The van der Waals surface area contributed by atoms with Crippen LogP contribution in [0.4, 0.5) is 4.39 Å². The van der Waals surface area contributed by atoms with E-state index in [0.717, 1.165) is 6.42 Å². The van der Waals surface area contributed by atoms with E-state index in [1.807, 2.05) is 0 Å². The molecule has 1 aromatic carbocycles. The molecule has 122 valence electrons. The summed E-state index contributed by atoms with van der Waals surface area (Å²) in [6, 6.07) is 4.80. The third-order valence-corrected chi connectivity index (χ3v) is 3.99. The maximum atomic E-state index is 14.2. The molecule has 1 aliphatic heterocycles. The molecule has 5 nitrogen and oxygen atoms in total. The lowest BCUT2D eigenvalue weighted by molar-refractivity contribution is -0.131. The molecule has 0 spiro atoms. The van der Waals surface area contributed by atoms with Crippen molar-refractivity contribution in [3.8, 4) is 12.3 Å². The van der Waals surface area contributed by atoms with Gasteiger partial charge in [-0.1, -0.05) is 24.1 Å². The summed E-state index contributed by atoms with van der Waals surface area (Å²) >= 11 is 0. The summed E-state index contributed by atoms with van der Waals surface area (Å²) in [5, 5.41) is 5.20. The summed E-state index contributed by atoms with van der Waals surface area (Å²) in [4.78, 5) is 26.4. The molecule has 2 rings (SSSR count). The molecule has 2 atom stereocenters. The van der Waals surface area contributed by atoms with Crippen LogP contribution in [0, 0.1) is 18.2 Å². The van der Waals surface area contributed by atoms with E-state index in [1.54, 1.807) is 23.1 Å². The maximum absolute atomic E-state index is 14.2. The fraction of sp³-hybridized carbons (Fsp3) is 0.412. The molecule has 1 saturated heterocycles. The fourth-order valence-corrected chi connectivity index (χ4v) is 2.94. The monoisotopic (exact) mass is 317 g/mol. The number of nitrogens with zero attached hydrogens (tertiary/aromatic N) is 1. The van der Waals surface area contributed by atoms with Gasteiger partial charge in [-0.05, 0) is 18.9 Å². The highest BCUT2D eigenvalue weighted by atomic mass is 19.1. The number of likely N-dealkylation sites (tertiary alicyclic amines) is 1. The van der Waals surface area contributed by atoms with Crippen LogP contribution in [0.25, 0.3) is 0 Å². The first kappa shape index (κ1) is 17.0. The Morgan fingerprint density at radius 1 is 1.48 bits per heavy atom. The highest BCUT2D eigenvalue weighted by molar-refractivity contribution is 5.86. The number of likely N-dealkylation sites (N-methyl/N-ethyl adjacent to an activating group) is 1. The van der Waals surface area contributed by atoms with Crippen molar-refractivity contribution >= 4 is 11.8 Å². The molecule has 0 unspecified atom stereocenters. The molecule has 0 radical (unpaired) electrons. The average molecular weight is 317 g/mol. The van der Waals surface area contributed by atoms with Crippen LogP contribution in [0.2, 0.25) is 0 Å². The van der Waals surface area contributed by atoms with Crippen molar-refractivity contribution in [2.75, 3.05) is 20.1 Å². The van der Waals surface area contributed by atoms with Crippen molar-refractivity contribution in [2.45, 2.75) is 24.9 Å². The molecule has 1 aliphatic rings. The van der Waals surface area contributed by atoms with Gasteiger partial charge in [-0.25, -0.2) is 4.39 Å². The molecule has 0 saturated carbocycles. The molecule has 6 heteroatoms. The van der Waals surface area contributed by atoms with Crippen LogP contribution in [0.15, 0.2) is 24.3 Å². The van der Waals surface area contributed by atoms with Crippen molar-refractivity contribution in [1.82, 2.24) is 15.5 Å². The first-order valence-corrected chi connectivity index (χ1v) is 7.53. The van der Waals surface area contributed by atoms with Gasteiger partial charge in [-0.3, -0.25) is 14.5 Å². The lowest BCUT2D eigenvalue weighted by atomic mass is 10.0. The number of amides is 2. The number of nitrogens with one attached hydrogen (secondary N) is 2. The molecule has 1 aromatic rings. The van der Waals surface area contributed by atoms with Crippen LogP contribution < -0.4 is 10.6 Å². The van der Waals surface area contributed by atoms with E-state index in [4.69, 9.17) is 6.42 Å². The highest BCUT2D eigenvalue weighted by Crippen LogP contribution is 2.31. The molecular weight excluding hydrogens is 297 g/mol. The van der Waals surface area contributed by atoms with Gasteiger partial charge in [0.2, 0.25) is 11.8 Å². The Balaban J connectivity index is 2.32. The van der Waals surface area contributed by atoms with E-state index in [-0.39, 0.29) is 23.9 Å². The summed E-state index contributed by atoms with van der Waals surface area (Å²) in [5.74, 6) is 1.32. The molecule has 23 heavy (non-hydrogen) atoms. The predicted octanol–water partition coefficient (Wildman–Crippen LogP) is 0.827. The maximum Gasteiger partial charge on any atom is 0.241 e. The van der Waals surface area contributed by atoms with Crippen molar-refractivity contribution in [1.29, 1.82) is 0 Å². The topological polar surface area (TPSA) is 61.4 Å². The summed E-state index contributed by atoms with van der Waals surface area (Å²) in [5.41, 5.74) is 0.267. The van der Waals surface area contributed by atoms with E-state index in [9.17, 15) is 14.0 Å². The molecular formula is C17H20FN3O2. The molecule has 0 bridgehead atoms. The molecule has 1 fully saturated rings. The summed E-state index contributed by atoms with van der Waals surface area (Å²) in [6.07, 6.45) is 6.53. The van der Waals surface area contributed by atoms with Gasteiger partial charge in [0.25, 0.3) is 0 Å². The molecule has 1 heterocycles. The minimum absolute atomic E-state index is 0.132. The zero-order chi connectivity index (χ0) is 16.8. The van der Waals surface area contributed by atoms with Crippen molar-refractivity contribution in [2.24, 2.45) is 0 Å². The minimum Gasteiger partial charge on any atom is -0.358 e. The SMILES string of the molecule is C#CCNC(=O)[C@@H]1CCCN1[C@@H](C(=O)NC)c1ccccc1F. The van der Waals surface area contributed by atoms with Crippen molar-refractivity contribution < 1.29 is 14.0 Å². The van der Waals surface area contributed by atoms with E-state index in [0.29, 0.717) is 13.0 Å². The van der Waals surface area contributed by atoms with E-state index < -0.39 is 17.9 Å². The Morgan fingerprint density at radius 2 is 2.22 bits per heavy atom. The number of terminal acetylenes is 1. The van der Waals surface area contributed by atoms with E-state index >= 15 is 0 Å². The standard InChI is InChI=1S/C17H20FN3O2/c1-3-10-20-16(22)14-9-6-11-21(14)15(17(23)19-2)12-7-4-5-8-13(12)18/h1,4-5,7-8,14-15H,6,9-11H2,2H3,(H,19,23)(H,20,22)/t14-,15+/m0/s1. The number of halogens is 1. The first-order chi connectivity index (χ1) is 11.1. The molecule has 2 N–H and O–H groups in total. The van der Waals surface area contributed by atoms with Gasteiger partial charge in [0.1, 0.15) is 11.9 Å². The molecule has 2 amide bonds. The Labute approximate surface area is 135 Å². The van der Waals surface area contributed by atoms with E-state index in [2.05, 4.69) is 16.6 Å². The average Bonchev–Trinajstić information content (AvgIpc) is 3.03. The first-order valence-electron chi connectivity index (χ1n) is 7.53. The van der Waals surface area contributed by atoms with Gasteiger partial charge < -0.3 is 10.6 Å². The molecule has 0 aromatic heterocycles. The second-order valence-electron chi connectivity index (χ2n) is 5.36. The van der Waals surface area contributed by atoms with Crippen LogP contribution in [-0.4, -0.2) is 42.9 Å². The number of hydrogen-bond acceptors (Lipinski definition) is 3. The van der Waals surface area contributed by atoms with Gasteiger partial charge in [0.15, 0.2) is 0 Å². The van der Waals surface area contributed by atoms with Crippen LogP contribution in [-0.2, 0) is 9.59 Å². The van der Waals surface area contributed by atoms with Gasteiger partial charge in [-0.15, -0.1) is 6.42 Å². The van der Waals surface area contributed by atoms with Crippen LogP contribution in [0.5, 0.6) is 0 Å². The summed E-state index contributed by atoms with van der Waals surface area (Å²) < 4.78 is 14.2. The highest BCUT2D eigenvalue weighted by Gasteiger charge is 2.39. The number of hydrogen-bond donors (Lipinski definition) is 2. The van der Waals surface area contributed by atoms with Gasteiger partial charge in [-0.2, -0.15) is 0 Å². The number of benzene rings is 1. The Bertz CT molecular complexity index is 627. The van der Waals surface area contributed by atoms with Crippen LogP contribution in [0.1, 0.15) is 24.4 Å². The van der Waals surface area contributed by atoms with Crippen molar-refractivity contribution in [3.05, 3.63) is 35.6 Å². The largest absolute Gasteiger partial charge is 0.358 e. The third-order valence-electron chi connectivity index (χ3n) is 3.99. The second kappa shape index (κ2) is 7.75. The quantitative estimate of drug-likeness (QED) is 0.791. The minimum atomic E-state index is -0.842. The lowest BCUT2D eigenvalue weighted by Gasteiger charge is -2.31. The Morgan fingerprint density at radius 3 is 2.87 bits per heavy atom. The zero-order valence-electron chi connectivity index (χ0n) is 13.0. The molecule has 0 aliphatic carbocycles. The second-order valence-corrected chi connectivity index (χ2v) is 5.36. The number of carbonyl (C=O) groups excluding carboxylic acids is 2. The third kappa shape index (κ3) is 3.69. The summed E-state index contributed by atoms with van der Waals surface area (Å²) in [6.45, 7) is 0.675.